The number of carbonyl (C=O) groups excluding carboxylic acids is 1. The minimum atomic E-state index is -0.422. The van der Waals surface area contributed by atoms with E-state index in [4.69, 9.17) is 4.74 Å². The summed E-state index contributed by atoms with van der Waals surface area (Å²) in [5.41, 5.74) is -0.422. The van der Waals surface area contributed by atoms with Crippen LogP contribution in [0, 0.1) is 0 Å². The maximum Gasteiger partial charge on any atom is 0.410 e. The molecule has 0 radical (unpaired) electrons. The van der Waals surface area contributed by atoms with Gasteiger partial charge in [-0.05, 0) is 33.6 Å². The first-order chi connectivity index (χ1) is 7.44. The van der Waals surface area contributed by atoms with E-state index in [2.05, 4.69) is 6.58 Å². The molecule has 0 N–H and O–H groups in total. The van der Waals surface area contributed by atoms with Crippen molar-refractivity contribution < 1.29 is 9.53 Å². The van der Waals surface area contributed by atoms with E-state index in [-0.39, 0.29) is 6.09 Å². The van der Waals surface area contributed by atoms with Crippen molar-refractivity contribution in [3.05, 3.63) is 12.7 Å². The lowest BCUT2D eigenvalue weighted by Crippen LogP contribution is -2.42. The van der Waals surface area contributed by atoms with Gasteiger partial charge in [0.05, 0.1) is 0 Å². The van der Waals surface area contributed by atoms with Crippen LogP contribution in [-0.2, 0) is 4.74 Å². The first-order valence-electron chi connectivity index (χ1n) is 6.04. The van der Waals surface area contributed by atoms with Crippen molar-refractivity contribution in [2.24, 2.45) is 0 Å². The molecule has 1 aliphatic rings. The fourth-order valence-corrected chi connectivity index (χ4v) is 2.05. The number of nitrogens with zero attached hydrogens (tertiary/aromatic N) is 1. The molecule has 1 amide bonds. The summed E-state index contributed by atoms with van der Waals surface area (Å²) in [6.45, 7) is 9.97. The third-order valence-corrected chi connectivity index (χ3v) is 2.72. The largest absolute Gasteiger partial charge is 0.444 e. The van der Waals surface area contributed by atoms with Gasteiger partial charge in [-0.2, -0.15) is 0 Å². The number of carbonyl (C=O) groups is 1. The van der Waals surface area contributed by atoms with Crippen LogP contribution < -0.4 is 0 Å². The molecule has 0 aromatic carbocycles. The van der Waals surface area contributed by atoms with Crippen LogP contribution in [-0.4, -0.2) is 29.2 Å². The van der Waals surface area contributed by atoms with Gasteiger partial charge in [0.15, 0.2) is 0 Å². The Kier molecular flexibility index (Phi) is 4.39. The summed E-state index contributed by atoms with van der Waals surface area (Å²) < 4.78 is 5.40. The lowest BCUT2D eigenvalue weighted by atomic mass is 10.2. The molecule has 3 nitrogen and oxygen atoms in total. The van der Waals surface area contributed by atoms with Crippen LogP contribution in [0.25, 0.3) is 0 Å². The molecule has 0 aromatic rings. The number of rotatable bonds is 3. The maximum absolute atomic E-state index is 12.0. The fourth-order valence-electron chi connectivity index (χ4n) is 2.05. The monoisotopic (exact) mass is 225 g/mol. The Morgan fingerprint density at radius 1 is 1.44 bits per heavy atom. The molecule has 1 saturated carbocycles. The van der Waals surface area contributed by atoms with Gasteiger partial charge in [-0.3, -0.25) is 0 Å². The van der Waals surface area contributed by atoms with E-state index in [0.29, 0.717) is 12.6 Å². The SMILES string of the molecule is C=CCN(C(=O)OC(C)(C)C)C1CCCC1. The first-order valence-corrected chi connectivity index (χ1v) is 6.04. The quantitative estimate of drug-likeness (QED) is 0.689. The van der Waals surface area contributed by atoms with Crippen LogP contribution in [0.5, 0.6) is 0 Å². The number of ether oxygens (including phenoxy) is 1. The molecular formula is C13H23NO2. The molecule has 0 heterocycles. The standard InChI is InChI=1S/C13H23NO2/c1-5-10-14(11-8-6-7-9-11)12(15)16-13(2,3)4/h5,11H,1,6-10H2,2-4H3. The van der Waals surface area contributed by atoms with Crippen LogP contribution in [0.4, 0.5) is 4.79 Å². The second-order valence-electron chi connectivity index (χ2n) is 5.36. The van der Waals surface area contributed by atoms with Crippen molar-refractivity contribution in [3.63, 3.8) is 0 Å². The summed E-state index contributed by atoms with van der Waals surface area (Å²) in [5, 5.41) is 0. The normalized spacial score (nSPS) is 17.2. The van der Waals surface area contributed by atoms with Gasteiger partial charge in [-0.15, -0.1) is 6.58 Å². The summed E-state index contributed by atoms with van der Waals surface area (Å²) in [6.07, 6.45) is 6.16. The second kappa shape index (κ2) is 5.37. The molecule has 0 bridgehead atoms. The van der Waals surface area contributed by atoms with Gasteiger partial charge in [-0.1, -0.05) is 18.9 Å². The first kappa shape index (κ1) is 13.1. The van der Waals surface area contributed by atoms with E-state index in [1.165, 1.54) is 12.8 Å². The van der Waals surface area contributed by atoms with Crippen molar-refractivity contribution in [1.82, 2.24) is 4.90 Å². The van der Waals surface area contributed by atoms with E-state index in [1.54, 1.807) is 6.08 Å². The molecule has 0 spiro atoms. The van der Waals surface area contributed by atoms with E-state index >= 15 is 0 Å². The Labute approximate surface area is 98.5 Å². The predicted octanol–water partition coefficient (Wildman–Crippen LogP) is 3.35. The maximum atomic E-state index is 12.0. The molecular weight excluding hydrogens is 202 g/mol. The molecule has 0 unspecified atom stereocenters. The minimum Gasteiger partial charge on any atom is -0.444 e. The highest BCUT2D eigenvalue weighted by Crippen LogP contribution is 2.25. The Hall–Kier alpha value is -0.990. The van der Waals surface area contributed by atoms with Gasteiger partial charge in [0.25, 0.3) is 0 Å². The van der Waals surface area contributed by atoms with Crippen molar-refractivity contribution in [3.8, 4) is 0 Å². The number of hydrogen-bond donors (Lipinski definition) is 0. The van der Waals surface area contributed by atoms with Crippen LogP contribution in [0.15, 0.2) is 12.7 Å². The predicted molar refractivity (Wildman–Crippen MR) is 65.4 cm³/mol. The summed E-state index contributed by atoms with van der Waals surface area (Å²) in [4.78, 5) is 13.8. The Balaban J connectivity index is 2.61. The Morgan fingerprint density at radius 2 is 2.00 bits per heavy atom. The van der Waals surface area contributed by atoms with Crippen LogP contribution >= 0.6 is 0 Å². The molecule has 0 aromatic heterocycles. The minimum absolute atomic E-state index is 0.209. The zero-order valence-electron chi connectivity index (χ0n) is 10.7. The summed E-state index contributed by atoms with van der Waals surface area (Å²) in [6, 6.07) is 0.341. The van der Waals surface area contributed by atoms with Crippen LogP contribution in [0.3, 0.4) is 0 Å². The highest BCUT2D eigenvalue weighted by Gasteiger charge is 2.29. The van der Waals surface area contributed by atoms with Crippen molar-refractivity contribution in [1.29, 1.82) is 0 Å². The highest BCUT2D eigenvalue weighted by molar-refractivity contribution is 5.68. The number of amides is 1. The lowest BCUT2D eigenvalue weighted by molar-refractivity contribution is 0.0193. The van der Waals surface area contributed by atoms with Crippen molar-refractivity contribution in [2.75, 3.05) is 6.54 Å². The molecule has 0 saturated heterocycles. The molecule has 1 rings (SSSR count). The average Bonchev–Trinajstić information content (AvgIpc) is 2.63. The average molecular weight is 225 g/mol. The second-order valence-corrected chi connectivity index (χ2v) is 5.36. The Bertz CT molecular complexity index is 249. The highest BCUT2D eigenvalue weighted by atomic mass is 16.6. The molecule has 1 fully saturated rings. The zero-order valence-corrected chi connectivity index (χ0v) is 10.7. The summed E-state index contributed by atoms with van der Waals surface area (Å²) >= 11 is 0. The van der Waals surface area contributed by atoms with Gasteiger partial charge in [0, 0.05) is 12.6 Å². The molecule has 1 aliphatic carbocycles. The van der Waals surface area contributed by atoms with Gasteiger partial charge in [-0.25, -0.2) is 4.79 Å². The summed E-state index contributed by atoms with van der Waals surface area (Å²) in [5.74, 6) is 0. The molecule has 3 heteroatoms. The van der Waals surface area contributed by atoms with Gasteiger partial charge < -0.3 is 9.64 Å². The van der Waals surface area contributed by atoms with Gasteiger partial charge in [0.2, 0.25) is 0 Å². The third kappa shape index (κ3) is 3.87. The van der Waals surface area contributed by atoms with Crippen molar-refractivity contribution in [2.45, 2.75) is 58.1 Å². The lowest BCUT2D eigenvalue weighted by Gasteiger charge is -2.30. The van der Waals surface area contributed by atoms with Crippen LogP contribution in [0.1, 0.15) is 46.5 Å². The van der Waals surface area contributed by atoms with E-state index in [1.807, 2.05) is 25.7 Å². The van der Waals surface area contributed by atoms with E-state index in [9.17, 15) is 4.79 Å². The molecule has 16 heavy (non-hydrogen) atoms. The van der Waals surface area contributed by atoms with Crippen molar-refractivity contribution >= 4 is 6.09 Å². The smallest absolute Gasteiger partial charge is 0.410 e. The Morgan fingerprint density at radius 3 is 2.44 bits per heavy atom. The summed E-state index contributed by atoms with van der Waals surface area (Å²) in [7, 11) is 0. The van der Waals surface area contributed by atoms with E-state index in [0.717, 1.165) is 12.8 Å². The zero-order chi connectivity index (χ0) is 12.2. The van der Waals surface area contributed by atoms with E-state index < -0.39 is 5.60 Å². The molecule has 92 valence electrons. The topological polar surface area (TPSA) is 29.5 Å². The van der Waals surface area contributed by atoms with Crippen LogP contribution in [0.2, 0.25) is 0 Å². The van der Waals surface area contributed by atoms with Gasteiger partial charge in [0.1, 0.15) is 5.60 Å². The van der Waals surface area contributed by atoms with Gasteiger partial charge >= 0.3 is 6.09 Å². The number of hydrogen-bond acceptors (Lipinski definition) is 2. The fraction of sp³-hybridized carbons (Fsp3) is 0.769. The molecule has 0 aliphatic heterocycles. The third-order valence-electron chi connectivity index (χ3n) is 2.72. The molecule has 0 atom stereocenters.